The van der Waals surface area contributed by atoms with Gasteiger partial charge in [0.05, 0.1) is 0 Å². The molecule has 3 rings (SSSR count). The van der Waals surface area contributed by atoms with E-state index in [2.05, 4.69) is 72.1 Å². The molecule has 6 nitrogen and oxygen atoms in total. The third-order valence-electron chi connectivity index (χ3n) is 4.42. The van der Waals surface area contributed by atoms with Crippen molar-refractivity contribution in [1.29, 1.82) is 0 Å². The first-order valence-electron chi connectivity index (χ1n) is 7.46. The fraction of sp³-hybridized carbons (Fsp3) is 0.400. The van der Waals surface area contributed by atoms with Crippen LogP contribution in [0.4, 0.5) is 0 Å². The van der Waals surface area contributed by atoms with Crippen LogP contribution in [0, 0.1) is 41.5 Å². The van der Waals surface area contributed by atoms with Gasteiger partial charge in [0.15, 0.2) is 0 Å². The Hall–Kier alpha value is -1.83. The summed E-state index contributed by atoms with van der Waals surface area (Å²) < 4.78 is 4.19. The molecule has 3 N–H and O–H groups in total. The monoisotopic (exact) mass is 360 g/mol. The number of aromatic amines is 3. The van der Waals surface area contributed by atoms with Crippen molar-refractivity contribution in [2.24, 2.45) is 0 Å². The van der Waals surface area contributed by atoms with Crippen molar-refractivity contribution in [1.82, 2.24) is 30.6 Å². The summed E-state index contributed by atoms with van der Waals surface area (Å²) >= 11 is -2.30. The second-order valence-electron chi connectivity index (χ2n) is 5.98. The van der Waals surface area contributed by atoms with Crippen LogP contribution in [0.25, 0.3) is 0 Å². The zero-order chi connectivity index (χ0) is 16.0. The molecule has 0 aliphatic carbocycles. The molecule has 0 saturated heterocycles. The normalized spacial score (nSPS) is 11.6. The summed E-state index contributed by atoms with van der Waals surface area (Å²) in [5.41, 5.74) is 6.81. The van der Waals surface area contributed by atoms with Crippen LogP contribution in [-0.2, 0) is 0 Å². The van der Waals surface area contributed by atoms with Crippen molar-refractivity contribution >= 4 is 27.5 Å². The van der Waals surface area contributed by atoms with E-state index in [-0.39, 0.29) is 0 Å². The van der Waals surface area contributed by atoms with E-state index >= 15 is 0 Å². The SMILES string of the molecule is Cc1n[nH]c(C)[c]1[GeH]([c]1c(C)n[nH]c1C)[c]1c(C)n[nH]c1C. The van der Waals surface area contributed by atoms with Crippen LogP contribution < -0.4 is 13.2 Å². The number of nitrogens with zero attached hydrogens (tertiary/aromatic N) is 3. The molecule has 0 atom stereocenters. The van der Waals surface area contributed by atoms with Crippen molar-refractivity contribution in [3.05, 3.63) is 34.2 Å². The second-order valence-corrected chi connectivity index (χ2v) is 11.4. The van der Waals surface area contributed by atoms with Gasteiger partial charge in [0.25, 0.3) is 0 Å². The fourth-order valence-electron chi connectivity index (χ4n) is 3.39. The van der Waals surface area contributed by atoms with E-state index in [1.54, 1.807) is 0 Å². The van der Waals surface area contributed by atoms with Crippen molar-refractivity contribution in [2.45, 2.75) is 41.5 Å². The molecule has 116 valence electrons. The van der Waals surface area contributed by atoms with Crippen LogP contribution in [-0.4, -0.2) is 44.9 Å². The molecule has 0 aliphatic rings. The van der Waals surface area contributed by atoms with Gasteiger partial charge >= 0.3 is 134 Å². The summed E-state index contributed by atoms with van der Waals surface area (Å²) in [6.45, 7) is 12.6. The topological polar surface area (TPSA) is 86.0 Å². The molecule has 7 heteroatoms. The molecule has 0 amide bonds. The molecule has 3 heterocycles. The molecule has 0 fully saturated rings. The zero-order valence-corrected chi connectivity index (χ0v) is 16.3. The molecule has 0 radical (unpaired) electrons. The van der Waals surface area contributed by atoms with E-state index in [1.807, 2.05) is 0 Å². The van der Waals surface area contributed by atoms with E-state index in [1.165, 1.54) is 30.3 Å². The Morgan fingerprint density at radius 3 is 1.00 bits per heavy atom. The number of aromatic nitrogens is 6. The van der Waals surface area contributed by atoms with Gasteiger partial charge in [-0.3, -0.25) is 0 Å². The maximum absolute atomic E-state index is 4.44. The summed E-state index contributed by atoms with van der Waals surface area (Å²) in [4.78, 5) is 0. The minimum absolute atomic E-state index is 1.10. The van der Waals surface area contributed by atoms with Crippen LogP contribution in [0.5, 0.6) is 0 Å². The van der Waals surface area contributed by atoms with Gasteiger partial charge in [-0.1, -0.05) is 0 Å². The Balaban J connectivity index is 2.34. The van der Waals surface area contributed by atoms with E-state index in [0.29, 0.717) is 0 Å². The predicted molar refractivity (Wildman–Crippen MR) is 90.2 cm³/mol. The molecule has 0 saturated carbocycles. The number of nitrogens with one attached hydrogen (secondary N) is 3. The molecule has 3 aromatic rings. The average molecular weight is 359 g/mol. The van der Waals surface area contributed by atoms with Crippen molar-refractivity contribution in [2.75, 3.05) is 0 Å². The van der Waals surface area contributed by atoms with Gasteiger partial charge < -0.3 is 0 Å². The van der Waals surface area contributed by atoms with Gasteiger partial charge in [0.1, 0.15) is 0 Å². The van der Waals surface area contributed by atoms with E-state index in [9.17, 15) is 0 Å². The Morgan fingerprint density at radius 2 is 0.818 bits per heavy atom. The summed E-state index contributed by atoms with van der Waals surface area (Å²) in [6, 6.07) is 0. The van der Waals surface area contributed by atoms with E-state index in [0.717, 1.165) is 17.1 Å². The molecule has 0 bridgehead atoms. The number of aryl methyl sites for hydroxylation is 6. The zero-order valence-electron chi connectivity index (χ0n) is 13.9. The van der Waals surface area contributed by atoms with Crippen LogP contribution in [0.15, 0.2) is 0 Å². The molecule has 22 heavy (non-hydrogen) atoms. The molecule has 3 aromatic heterocycles. The molecular weight excluding hydrogens is 337 g/mol. The van der Waals surface area contributed by atoms with Gasteiger partial charge in [0, 0.05) is 0 Å². The maximum atomic E-state index is 4.44. The quantitative estimate of drug-likeness (QED) is 0.574. The van der Waals surface area contributed by atoms with Crippen LogP contribution in [0.3, 0.4) is 0 Å². The first kappa shape index (κ1) is 15.1. The summed E-state index contributed by atoms with van der Waals surface area (Å²) in [5, 5.41) is 22.8. The Labute approximate surface area is 134 Å². The number of hydrogen-bond acceptors (Lipinski definition) is 3. The predicted octanol–water partition coefficient (Wildman–Crippen LogP) is -0.0451. The number of rotatable bonds is 3. The van der Waals surface area contributed by atoms with E-state index in [4.69, 9.17) is 0 Å². The summed E-state index contributed by atoms with van der Waals surface area (Å²) in [6.07, 6.45) is 0. The first-order valence-corrected chi connectivity index (χ1v) is 11.1. The van der Waals surface area contributed by atoms with Crippen molar-refractivity contribution < 1.29 is 0 Å². The average Bonchev–Trinajstić information content (AvgIpc) is 3.08. The van der Waals surface area contributed by atoms with Crippen molar-refractivity contribution in [3.63, 3.8) is 0 Å². The van der Waals surface area contributed by atoms with Gasteiger partial charge in [-0.25, -0.2) is 0 Å². The van der Waals surface area contributed by atoms with Gasteiger partial charge in [-0.05, 0) is 0 Å². The molecule has 0 spiro atoms. The fourth-order valence-corrected chi connectivity index (χ4v) is 11.4. The number of H-pyrrole nitrogens is 3. The van der Waals surface area contributed by atoms with Crippen LogP contribution in [0.2, 0.25) is 0 Å². The number of hydrogen-bond donors (Lipinski definition) is 3. The minimum atomic E-state index is -2.30. The third kappa shape index (κ3) is 2.22. The Kier molecular flexibility index (Phi) is 3.72. The molecule has 0 aliphatic heterocycles. The van der Waals surface area contributed by atoms with E-state index < -0.39 is 14.3 Å². The molecule has 0 aromatic carbocycles. The summed E-state index contributed by atoms with van der Waals surface area (Å²) in [5.74, 6) is 0. The van der Waals surface area contributed by atoms with Gasteiger partial charge in [0.2, 0.25) is 0 Å². The standard InChI is InChI=1S/C15H22GeN6/c1-7-13(8(2)18-17-7)16(14-9(3)19-20-10(14)4)15-11(5)21-22-12(15)6/h16H,1-6H3,(H,17,18)(H,19,20)(H,21,22). The van der Waals surface area contributed by atoms with Crippen LogP contribution >= 0.6 is 0 Å². The Morgan fingerprint density at radius 1 is 0.545 bits per heavy atom. The third-order valence-corrected chi connectivity index (χ3v) is 13.4. The second kappa shape index (κ2) is 5.42. The van der Waals surface area contributed by atoms with Gasteiger partial charge in [-0.2, -0.15) is 0 Å². The van der Waals surface area contributed by atoms with Crippen molar-refractivity contribution in [3.8, 4) is 0 Å². The molecule has 0 unspecified atom stereocenters. The first-order chi connectivity index (χ1) is 10.4. The molecular formula is C15H22GeN6. The van der Waals surface area contributed by atoms with Crippen LogP contribution in [0.1, 0.15) is 34.2 Å². The summed E-state index contributed by atoms with van der Waals surface area (Å²) in [7, 11) is 0. The Bertz CT molecular complexity index is 657. The van der Waals surface area contributed by atoms with Gasteiger partial charge in [-0.15, -0.1) is 0 Å².